The van der Waals surface area contributed by atoms with Gasteiger partial charge in [0.25, 0.3) is 0 Å². The summed E-state index contributed by atoms with van der Waals surface area (Å²) in [5, 5.41) is 2.58. The molecular weight excluding hydrogens is 406 g/mol. The number of hydrogen-bond acceptors (Lipinski definition) is 5. The highest BCUT2D eigenvalue weighted by atomic mass is 16.6. The first-order chi connectivity index (χ1) is 15.2. The molecule has 1 aliphatic carbocycles. The topological polar surface area (TPSA) is 81.7 Å². The summed E-state index contributed by atoms with van der Waals surface area (Å²) in [4.78, 5) is 37.3. The van der Waals surface area contributed by atoms with Crippen molar-refractivity contribution in [2.45, 2.75) is 64.5 Å². The van der Waals surface area contributed by atoms with Crippen LogP contribution in [0.25, 0.3) is 11.1 Å². The number of amides is 1. The zero-order chi connectivity index (χ0) is 23.3. The summed E-state index contributed by atoms with van der Waals surface area (Å²) in [7, 11) is 0. The van der Waals surface area contributed by atoms with Gasteiger partial charge in [-0.05, 0) is 49.4 Å². The largest absolute Gasteiger partial charge is 0.460 e. The highest BCUT2D eigenvalue weighted by Gasteiger charge is 2.30. The number of ether oxygens (including phenoxy) is 2. The van der Waals surface area contributed by atoms with Crippen molar-refractivity contribution >= 4 is 17.8 Å². The predicted octanol–water partition coefficient (Wildman–Crippen LogP) is 4.99. The SMILES string of the molecule is CCCC(=O)[C@H](CC(=O)OC(C)(C)C)NC(=O)OCC1c2ccccc2-c2ccccc21. The molecule has 32 heavy (non-hydrogen) atoms. The molecule has 0 bridgehead atoms. The second-order valence-corrected chi connectivity index (χ2v) is 9.03. The molecule has 3 rings (SSSR count). The summed E-state index contributed by atoms with van der Waals surface area (Å²) in [5.74, 6) is -0.832. The lowest BCUT2D eigenvalue weighted by Gasteiger charge is -2.22. The lowest BCUT2D eigenvalue weighted by molar-refractivity contribution is -0.156. The molecule has 1 aliphatic rings. The number of rotatable bonds is 8. The molecule has 0 unspecified atom stereocenters. The number of ketones is 1. The molecule has 0 aliphatic heterocycles. The van der Waals surface area contributed by atoms with E-state index >= 15 is 0 Å². The molecule has 0 spiro atoms. The van der Waals surface area contributed by atoms with Gasteiger partial charge in [-0.3, -0.25) is 9.59 Å². The quantitative estimate of drug-likeness (QED) is 0.588. The van der Waals surface area contributed by atoms with Crippen molar-refractivity contribution in [3.8, 4) is 11.1 Å². The van der Waals surface area contributed by atoms with Crippen molar-refractivity contribution in [3.05, 3.63) is 59.7 Å². The van der Waals surface area contributed by atoms with Gasteiger partial charge in [0.1, 0.15) is 18.2 Å². The third kappa shape index (κ3) is 5.75. The number of carbonyl (C=O) groups excluding carboxylic acids is 3. The van der Waals surface area contributed by atoms with Crippen LogP contribution >= 0.6 is 0 Å². The van der Waals surface area contributed by atoms with Crippen molar-refractivity contribution in [1.82, 2.24) is 5.32 Å². The van der Waals surface area contributed by atoms with Crippen LogP contribution in [0.3, 0.4) is 0 Å². The lowest BCUT2D eigenvalue weighted by Crippen LogP contribution is -2.43. The Morgan fingerprint density at radius 3 is 2.06 bits per heavy atom. The molecule has 0 radical (unpaired) electrons. The third-order valence-corrected chi connectivity index (χ3v) is 5.31. The summed E-state index contributed by atoms with van der Waals surface area (Å²) >= 11 is 0. The van der Waals surface area contributed by atoms with Crippen LogP contribution in [0.1, 0.15) is 64.0 Å². The molecule has 170 valence electrons. The number of fused-ring (bicyclic) bond motifs is 3. The normalized spacial score (nSPS) is 13.6. The third-order valence-electron chi connectivity index (χ3n) is 5.31. The van der Waals surface area contributed by atoms with E-state index < -0.39 is 23.7 Å². The van der Waals surface area contributed by atoms with Gasteiger partial charge in [0.05, 0.1) is 6.42 Å². The van der Waals surface area contributed by atoms with Gasteiger partial charge in [-0.2, -0.15) is 0 Å². The van der Waals surface area contributed by atoms with Crippen molar-refractivity contribution in [3.63, 3.8) is 0 Å². The molecule has 0 heterocycles. The van der Waals surface area contributed by atoms with Gasteiger partial charge in [-0.25, -0.2) is 4.79 Å². The minimum absolute atomic E-state index is 0.0798. The van der Waals surface area contributed by atoms with E-state index in [0.717, 1.165) is 22.3 Å². The molecule has 0 fully saturated rings. The van der Waals surface area contributed by atoms with Crippen molar-refractivity contribution in [2.75, 3.05) is 6.61 Å². The Morgan fingerprint density at radius 1 is 0.969 bits per heavy atom. The Balaban J connectivity index is 1.66. The van der Waals surface area contributed by atoms with Gasteiger partial charge in [0.2, 0.25) is 0 Å². The molecule has 1 atom stereocenters. The average molecular weight is 438 g/mol. The number of nitrogens with one attached hydrogen (secondary N) is 1. The maximum Gasteiger partial charge on any atom is 0.407 e. The van der Waals surface area contributed by atoms with Crippen LogP contribution in [0.5, 0.6) is 0 Å². The van der Waals surface area contributed by atoms with Gasteiger partial charge >= 0.3 is 12.1 Å². The number of hydrogen-bond donors (Lipinski definition) is 1. The predicted molar refractivity (Wildman–Crippen MR) is 122 cm³/mol. The van der Waals surface area contributed by atoms with E-state index in [1.54, 1.807) is 20.8 Å². The first-order valence-electron chi connectivity index (χ1n) is 11.1. The van der Waals surface area contributed by atoms with E-state index in [0.29, 0.717) is 6.42 Å². The van der Waals surface area contributed by atoms with E-state index in [-0.39, 0.29) is 31.1 Å². The first kappa shape index (κ1) is 23.5. The molecule has 0 saturated heterocycles. The maximum atomic E-state index is 12.6. The molecule has 2 aromatic rings. The van der Waals surface area contributed by atoms with Crippen LogP contribution in [0.2, 0.25) is 0 Å². The van der Waals surface area contributed by atoms with Gasteiger partial charge in [-0.1, -0.05) is 55.5 Å². The van der Waals surface area contributed by atoms with Crippen molar-refractivity contribution in [2.24, 2.45) is 0 Å². The Kier molecular flexibility index (Phi) is 7.33. The Hall–Kier alpha value is -3.15. The monoisotopic (exact) mass is 437 g/mol. The fourth-order valence-corrected chi connectivity index (χ4v) is 4.00. The smallest absolute Gasteiger partial charge is 0.407 e. The van der Waals surface area contributed by atoms with Crippen LogP contribution < -0.4 is 5.32 Å². The van der Waals surface area contributed by atoms with E-state index in [2.05, 4.69) is 17.4 Å². The standard InChI is InChI=1S/C26H31NO5/c1-5-10-23(28)22(15-24(29)32-26(2,3)4)27-25(30)31-16-21-19-13-8-6-11-17(19)18-12-7-9-14-20(18)21/h6-9,11-14,21-22H,5,10,15-16H2,1-4H3,(H,27,30)/t22-/m0/s1. The summed E-state index contributed by atoms with van der Waals surface area (Å²) in [5.41, 5.74) is 3.82. The second kappa shape index (κ2) is 9.98. The molecule has 1 N–H and O–H groups in total. The van der Waals surface area contributed by atoms with E-state index in [1.807, 2.05) is 43.3 Å². The number of benzene rings is 2. The highest BCUT2D eigenvalue weighted by molar-refractivity contribution is 5.91. The lowest BCUT2D eigenvalue weighted by atomic mass is 9.98. The van der Waals surface area contributed by atoms with Crippen LogP contribution in [-0.2, 0) is 19.1 Å². The Labute approximate surface area is 189 Å². The summed E-state index contributed by atoms with van der Waals surface area (Å²) in [6.45, 7) is 7.28. The Bertz CT molecular complexity index is 946. The minimum Gasteiger partial charge on any atom is -0.460 e. The zero-order valence-corrected chi connectivity index (χ0v) is 19.1. The Morgan fingerprint density at radius 2 is 1.53 bits per heavy atom. The number of carbonyl (C=O) groups is 3. The van der Waals surface area contributed by atoms with Crippen LogP contribution in [-0.4, -0.2) is 36.1 Å². The fourth-order valence-electron chi connectivity index (χ4n) is 4.00. The van der Waals surface area contributed by atoms with E-state index in [9.17, 15) is 14.4 Å². The van der Waals surface area contributed by atoms with Gasteiger partial charge in [0, 0.05) is 12.3 Å². The fraction of sp³-hybridized carbons (Fsp3) is 0.423. The molecular formula is C26H31NO5. The first-order valence-corrected chi connectivity index (χ1v) is 11.1. The van der Waals surface area contributed by atoms with Crippen molar-refractivity contribution < 1.29 is 23.9 Å². The second-order valence-electron chi connectivity index (χ2n) is 9.03. The van der Waals surface area contributed by atoms with Crippen molar-refractivity contribution in [1.29, 1.82) is 0 Å². The van der Waals surface area contributed by atoms with Gasteiger partial charge < -0.3 is 14.8 Å². The average Bonchev–Trinajstić information content (AvgIpc) is 3.04. The summed E-state index contributed by atoms with van der Waals surface area (Å²) in [6, 6.07) is 15.2. The molecule has 0 saturated carbocycles. The van der Waals surface area contributed by atoms with Gasteiger partial charge in [-0.15, -0.1) is 0 Å². The van der Waals surface area contributed by atoms with Gasteiger partial charge in [0.15, 0.2) is 5.78 Å². The van der Waals surface area contributed by atoms with E-state index in [1.165, 1.54) is 0 Å². The summed E-state index contributed by atoms with van der Waals surface area (Å²) < 4.78 is 10.8. The number of esters is 1. The number of Topliss-reactive ketones (excluding diaryl/α,β-unsaturated/α-hetero) is 1. The molecule has 2 aromatic carbocycles. The zero-order valence-electron chi connectivity index (χ0n) is 19.1. The molecule has 1 amide bonds. The minimum atomic E-state index is -0.972. The highest BCUT2D eigenvalue weighted by Crippen LogP contribution is 2.44. The molecule has 0 aromatic heterocycles. The van der Waals surface area contributed by atoms with Crippen LogP contribution in [0.15, 0.2) is 48.5 Å². The number of alkyl carbamates (subject to hydrolysis) is 1. The van der Waals surface area contributed by atoms with Crippen LogP contribution in [0.4, 0.5) is 4.79 Å². The summed E-state index contributed by atoms with van der Waals surface area (Å²) in [6.07, 6.45) is -0.0576. The maximum absolute atomic E-state index is 12.6. The molecule has 6 heteroatoms. The molecule has 6 nitrogen and oxygen atoms in total. The van der Waals surface area contributed by atoms with Crippen LogP contribution in [0, 0.1) is 0 Å². The van der Waals surface area contributed by atoms with E-state index in [4.69, 9.17) is 9.47 Å².